The maximum Gasteiger partial charge on any atom is 0.303 e. The molecule has 8 heteroatoms. The van der Waals surface area contributed by atoms with Gasteiger partial charge in [-0.25, -0.2) is 9.97 Å². The van der Waals surface area contributed by atoms with Crippen molar-refractivity contribution in [2.45, 2.75) is 18.0 Å². The summed E-state index contributed by atoms with van der Waals surface area (Å²) in [7, 11) is 0. The predicted octanol–water partition coefficient (Wildman–Crippen LogP) is 1.45. The van der Waals surface area contributed by atoms with Gasteiger partial charge in [-0.3, -0.25) is 9.59 Å². The van der Waals surface area contributed by atoms with Crippen molar-refractivity contribution in [1.82, 2.24) is 15.3 Å². The molecule has 0 aliphatic carbocycles. The first-order valence-corrected chi connectivity index (χ1v) is 6.71. The number of carboxylic acids is 1. The molecule has 0 saturated heterocycles. The molecule has 0 spiro atoms. The van der Waals surface area contributed by atoms with E-state index in [2.05, 4.69) is 15.3 Å². The van der Waals surface area contributed by atoms with Crippen LogP contribution in [-0.4, -0.2) is 39.8 Å². The lowest BCUT2D eigenvalue weighted by molar-refractivity contribution is -0.137. The predicted molar refractivity (Wildman–Crippen MR) is 68.0 cm³/mol. The molecule has 18 heavy (non-hydrogen) atoms. The van der Waals surface area contributed by atoms with Crippen LogP contribution < -0.4 is 5.32 Å². The summed E-state index contributed by atoms with van der Waals surface area (Å²) < 4.78 is 0. The smallest absolute Gasteiger partial charge is 0.303 e. The minimum atomic E-state index is -0.894. The summed E-state index contributed by atoms with van der Waals surface area (Å²) in [6.45, 7) is 0.264. The highest BCUT2D eigenvalue weighted by molar-refractivity contribution is 7.98. The van der Waals surface area contributed by atoms with Crippen LogP contribution in [0.3, 0.4) is 0 Å². The molecule has 1 aromatic heterocycles. The molecule has 0 unspecified atom stereocenters. The average molecular weight is 290 g/mol. The van der Waals surface area contributed by atoms with Gasteiger partial charge in [0.15, 0.2) is 10.9 Å². The van der Waals surface area contributed by atoms with Gasteiger partial charge in [-0.15, -0.1) is 0 Å². The third-order valence-corrected chi connectivity index (χ3v) is 2.81. The highest BCUT2D eigenvalue weighted by Gasteiger charge is 2.13. The fourth-order valence-electron chi connectivity index (χ4n) is 1.13. The molecule has 0 aliphatic heterocycles. The van der Waals surface area contributed by atoms with E-state index in [4.69, 9.17) is 16.7 Å². The molecule has 6 nitrogen and oxygen atoms in total. The summed E-state index contributed by atoms with van der Waals surface area (Å²) in [6.07, 6.45) is 3.53. The van der Waals surface area contributed by atoms with E-state index in [1.165, 1.54) is 18.0 Å². The number of amides is 1. The number of aromatic nitrogens is 2. The standard InChI is InChI=1S/C10H12ClN3O3S/c1-18-10-13-5-6(11)8(14-10)9(17)12-4-2-3-7(15)16/h5H,2-4H2,1H3,(H,12,17)(H,15,16). The van der Waals surface area contributed by atoms with Crippen molar-refractivity contribution in [2.24, 2.45) is 0 Å². The summed E-state index contributed by atoms with van der Waals surface area (Å²) >= 11 is 7.12. The van der Waals surface area contributed by atoms with Crippen LogP contribution in [0.2, 0.25) is 5.02 Å². The first kappa shape index (κ1) is 14.7. The Hall–Kier alpha value is -1.34. The van der Waals surface area contributed by atoms with Gasteiger partial charge in [0.2, 0.25) is 0 Å². The lowest BCUT2D eigenvalue weighted by Gasteiger charge is -2.05. The number of nitrogens with one attached hydrogen (secondary N) is 1. The van der Waals surface area contributed by atoms with Crippen LogP contribution in [-0.2, 0) is 4.79 Å². The quantitative estimate of drug-likeness (QED) is 0.468. The van der Waals surface area contributed by atoms with E-state index in [9.17, 15) is 9.59 Å². The molecule has 2 N–H and O–H groups in total. The Bertz CT molecular complexity index is 456. The summed E-state index contributed by atoms with van der Waals surface area (Å²) in [5.74, 6) is -1.32. The monoisotopic (exact) mass is 289 g/mol. The van der Waals surface area contributed by atoms with Crippen LogP contribution in [0.4, 0.5) is 0 Å². The molecule has 0 fully saturated rings. The van der Waals surface area contributed by atoms with Crippen LogP contribution in [0.5, 0.6) is 0 Å². The normalized spacial score (nSPS) is 10.1. The van der Waals surface area contributed by atoms with Crippen molar-refractivity contribution in [3.63, 3.8) is 0 Å². The Labute approximate surface area is 113 Å². The van der Waals surface area contributed by atoms with E-state index in [0.717, 1.165) is 0 Å². The van der Waals surface area contributed by atoms with E-state index in [0.29, 0.717) is 11.6 Å². The topological polar surface area (TPSA) is 92.2 Å². The molecule has 0 bridgehead atoms. The molecule has 0 atom stereocenters. The number of rotatable bonds is 6. The first-order chi connectivity index (χ1) is 8.54. The highest BCUT2D eigenvalue weighted by atomic mass is 35.5. The number of carbonyl (C=O) groups is 2. The summed E-state index contributed by atoms with van der Waals surface area (Å²) in [5.41, 5.74) is 0.103. The molecule has 0 radical (unpaired) electrons. The Morgan fingerprint density at radius 3 is 2.89 bits per heavy atom. The van der Waals surface area contributed by atoms with Gasteiger partial charge in [0.1, 0.15) is 0 Å². The molecule has 1 amide bonds. The maximum atomic E-state index is 11.7. The molecular weight excluding hydrogens is 278 g/mol. The zero-order valence-corrected chi connectivity index (χ0v) is 11.2. The van der Waals surface area contributed by atoms with Crippen LogP contribution >= 0.6 is 23.4 Å². The molecule has 0 aromatic carbocycles. The summed E-state index contributed by atoms with van der Waals surface area (Å²) in [5, 5.41) is 11.6. The van der Waals surface area contributed by atoms with Crippen LogP contribution in [0.25, 0.3) is 0 Å². The summed E-state index contributed by atoms with van der Waals surface area (Å²) in [4.78, 5) is 29.9. The van der Waals surface area contributed by atoms with Gasteiger partial charge in [-0.05, 0) is 12.7 Å². The SMILES string of the molecule is CSc1ncc(Cl)c(C(=O)NCCCC(=O)O)n1. The second-order valence-electron chi connectivity index (χ2n) is 3.31. The Kier molecular flexibility index (Phi) is 5.87. The number of thioether (sulfide) groups is 1. The Morgan fingerprint density at radius 2 is 2.28 bits per heavy atom. The van der Waals surface area contributed by atoms with E-state index in [-0.39, 0.29) is 23.7 Å². The Morgan fingerprint density at radius 1 is 1.56 bits per heavy atom. The van der Waals surface area contributed by atoms with Crippen LogP contribution in [0.15, 0.2) is 11.4 Å². The maximum absolute atomic E-state index is 11.7. The van der Waals surface area contributed by atoms with Gasteiger partial charge < -0.3 is 10.4 Å². The molecule has 1 heterocycles. The lowest BCUT2D eigenvalue weighted by atomic mass is 10.3. The van der Waals surface area contributed by atoms with Crippen molar-refractivity contribution >= 4 is 35.2 Å². The number of carbonyl (C=O) groups excluding carboxylic acids is 1. The largest absolute Gasteiger partial charge is 0.481 e. The van der Waals surface area contributed by atoms with Crippen LogP contribution in [0, 0.1) is 0 Å². The highest BCUT2D eigenvalue weighted by Crippen LogP contribution is 2.16. The van der Waals surface area contributed by atoms with E-state index in [1.54, 1.807) is 6.26 Å². The zero-order valence-electron chi connectivity index (χ0n) is 9.64. The van der Waals surface area contributed by atoms with Gasteiger partial charge >= 0.3 is 5.97 Å². The molecule has 0 saturated carbocycles. The average Bonchev–Trinajstić information content (AvgIpc) is 2.34. The molecule has 0 aliphatic rings. The fourth-order valence-corrected chi connectivity index (χ4v) is 1.65. The third-order valence-electron chi connectivity index (χ3n) is 1.97. The summed E-state index contributed by atoms with van der Waals surface area (Å²) in [6, 6.07) is 0. The van der Waals surface area contributed by atoms with Gasteiger partial charge in [0.25, 0.3) is 5.91 Å². The minimum absolute atomic E-state index is 0.00779. The molecular formula is C10H12ClN3O3S. The Balaban J connectivity index is 2.58. The number of carboxylic acid groups (broad SMARTS) is 1. The van der Waals surface area contributed by atoms with Crippen LogP contribution in [0.1, 0.15) is 23.3 Å². The van der Waals surface area contributed by atoms with Gasteiger partial charge in [-0.2, -0.15) is 0 Å². The number of aliphatic carboxylic acids is 1. The fraction of sp³-hybridized carbons (Fsp3) is 0.400. The molecule has 1 aromatic rings. The van der Waals surface area contributed by atoms with Gasteiger partial charge in [-0.1, -0.05) is 23.4 Å². The van der Waals surface area contributed by atoms with E-state index in [1.807, 2.05) is 0 Å². The molecule has 98 valence electrons. The van der Waals surface area contributed by atoms with Crippen molar-refractivity contribution in [2.75, 3.05) is 12.8 Å². The van der Waals surface area contributed by atoms with Crippen molar-refractivity contribution < 1.29 is 14.7 Å². The third kappa shape index (κ3) is 4.50. The van der Waals surface area contributed by atoms with Crippen molar-refractivity contribution in [3.8, 4) is 0 Å². The second-order valence-corrected chi connectivity index (χ2v) is 4.49. The van der Waals surface area contributed by atoms with Crippen molar-refractivity contribution in [3.05, 3.63) is 16.9 Å². The molecule has 1 rings (SSSR count). The lowest BCUT2D eigenvalue weighted by Crippen LogP contribution is -2.26. The van der Waals surface area contributed by atoms with Gasteiger partial charge in [0, 0.05) is 13.0 Å². The number of halogens is 1. The van der Waals surface area contributed by atoms with E-state index < -0.39 is 11.9 Å². The minimum Gasteiger partial charge on any atom is -0.481 e. The first-order valence-electron chi connectivity index (χ1n) is 5.11. The number of hydrogen-bond donors (Lipinski definition) is 2. The number of nitrogens with zero attached hydrogens (tertiary/aromatic N) is 2. The number of hydrogen-bond acceptors (Lipinski definition) is 5. The van der Waals surface area contributed by atoms with Gasteiger partial charge in [0.05, 0.1) is 11.2 Å². The van der Waals surface area contributed by atoms with Crippen molar-refractivity contribution in [1.29, 1.82) is 0 Å². The second kappa shape index (κ2) is 7.17. The van der Waals surface area contributed by atoms with E-state index >= 15 is 0 Å². The zero-order chi connectivity index (χ0) is 13.5.